The molecule has 5 nitrogen and oxygen atoms in total. The Labute approximate surface area is 122 Å². The van der Waals surface area contributed by atoms with E-state index in [0.29, 0.717) is 12.4 Å². The number of carbonyl (C=O) groups excluding carboxylic acids is 1. The molecule has 21 heavy (non-hydrogen) atoms. The number of benzene rings is 1. The van der Waals surface area contributed by atoms with Crippen molar-refractivity contribution in [3.05, 3.63) is 54.7 Å². The summed E-state index contributed by atoms with van der Waals surface area (Å²) in [6, 6.07) is 15.3. The van der Waals surface area contributed by atoms with Gasteiger partial charge in [0.15, 0.2) is 0 Å². The van der Waals surface area contributed by atoms with Gasteiger partial charge < -0.3 is 5.32 Å². The number of hydrogen-bond donors (Lipinski definition) is 2. The first-order valence-corrected chi connectivity index (χ1v) is 6.87. The van der Waals surface area contributed by atoms with Gasteiger partial charge >= 0.3 is 6.03 Å². The Morgan fingerprint density at radius 1 is 1.14 bits per heavy atom. The highest BCUT2D eigenvalue weighted by Crippen LogP contribution is 2.28. The fourth-order valence-corrected chi connectivity index (χ4v) is 2.22. The van der Waals surface area contributed by atoms with Crippen molar-refractivity contribution in [2.45, 2.75) is 6.92 Å². The Morgan fingerprint density at radius 3 is 2.67 bits per heavy atom. The summed E-state index contributed by atoms with van der Waals surface area (Å²) < 4.78 is 1.87. The Bertz CT molecular complexity index is 764. The maximum Gasteiger partial charge on any atom is 0.320 e. The molecule has 0 aliphatic carbocycles. The Morgan fingerprint density at radius 2 is 1.90 bits per heavy atom. The van der Waals surface area contributed by atoms with E-state index < -0.39 is 0 Å². The van der Waals surface area contributed by atoms with Crippen LogP contribution in [0.4, 0.5) is 10.6 Å². The van der Waals surface area contributed by atoms with E-state index in [4.69, 9.17) is 0 Å². The summed E-state index contributed by atoms with van der Waals surface area (Å²) in [6.07, 6.45) is 1.89. The maximum atomic E-state index is 11.9. The largest absolute Gasteiger partial charge is 0.338 e. The fraction of sp³-hybridized carbons (Fsp3) is 0.125. The molecule has 0 bridgehead atoms. The van der Waals surface area contributed by atoms with Gasteiger partial charge in [-0.15, -0.1) is 0 Å². The van der Waals surface area contributed by atoms with Crippen molar-refractivity contribution < 1.29 is 4.79 Å². The van der Waals surface area contributed by atoms with Crippen LogP contribution in [0.25, 0.3) is 16.9 Å². The molecule has 0 aliphatic heterocycles. The first-order chi connectivity index (χ1) is 10.3. The van der Waals surface area contributed by atoms with Crippen molar-refractivity contribution >= 4 is 17.5 Å². The molecule has 0 saturated heterocycles. The quantitative estimate of drug-likeness (QED) is 0.774. The number of fused-ring (bicyclic) bond motifs is 1. The number of nitrogens with zero attached hydrogens (tertiary/aromatic N) is 2. The molecule has 0 radical (unpaired) electrons. The highest BCUT2D eigenvalue weighted by molar-refractivity contribution is 5.93. The van der Waals surface area contributed by atoms with Gasteiger partial charge in [0.05, 0.1) is 0 Å². The van der Waals surface area contributed by atoms with Crippen LogP contribution in [-0.4, -0.2) is 22.0 Å². The number of aromatic nitrogens is 2. The van der Waals surface area contributed by atoms with Crippen LogP contribution < -0.4 is 10.6 Å². The highest BCUT2D eigenvalue weighted by atomic mass is 16.2. The lowest BCUT2D eigenvalue weighted by atomic mass is 10.1. The summed E-state index contributed by atoms with van der Waals surface area (Å²) in [4.78, 5) is 16.5. The number of imidazole rings is 1. The minimum atomic E-state index is -0.236. The van der Waals surface area contributed by atoms with Gasteiger partial charge in [0.25, 0.3) is 0 Å². The van der Waals surface area contributed by atoms with Crippen LogP contribution in [0.2, 0.25) is 0 Å². The molecule has 0 aliphatic rings. The third-order valence-corrected chi connectivity index (χ3v) is 3.15. The van der Waals surface area contributed by atoms with Crippen molar-refractivity contribution in [2.24, 2.45) is 0 Å². The van der Waals surface area contributed by atoms with Crippen molar-refractivity contribution in [1.29, 1.82) is 0 Å². The number of carbonyl (C=O) groups is 1. The summed E-state index contributed by atoms with van der Waals surface area (Å²) in [5.41, 5.74) is 2.52. The van der Waals surface area contributed by atoms with E-state index in [9.17, 15) is 4.79 Å². The van der Waals surface area contributed by atoms with Crippen LogP contribution in [0, 0.1) is 0 Å². The monoisotopic (exact) mass is 280 g/mol. The SMILES string of the molecule is CCNC(=O)Nc1c(-c2ccccc2)nc2ccccn12. The average Bonchev–Trinajstić information content (AvgIpc) is 2.87. The molecule has 2 amide bonds. The molecule has 1 aromatic carbocycles. The van der Waals surface area contributed by atoms with E-state index >= 15 is 0 Å². The Hall–Kier alpha value is -2.82. The molecule has 0 fully saturated rings. The second kappa shape index (κ2) is 5.66. The van der Waals surface area contributed by atoms with Crippen LogP contribution in [-0.2, 0) is 0 Å². The lowest BCUT2D eigenvalue weighted by Crippen LogP contribution is -2.28. The van der Waals surface area contributed by atoms with Gasteiger partial charge in [0.1, 0.15) is 17.2 Å². The first-order valence-electron chi connectivity index (χ1n) is 6.87. The first kappa shape index (κ1) is 13.2. The highest BCUT2D eigenvalue weighted by Gasteiger charge is 2.15. The number of urea groups is 1. The summed E-state index contributed by atoms with van der Waals surface area (Å²) in [5.74, 6) is 0.669. The molecule has 3 aromatic rings. The summed E-state index contributed by atoms with van der Waals surface area (Å²) >= 11 is 0. The lowest BCUT2D eigenvalue weighted by Gasteiger charge is -2.08. The van der Waals surface area contributed by atoms with Crippen molar-refractivity contribution in [3.8, 4) is 11.3 Å². The summed E-state index contributed by atoms with van der Waals surface area (Å²) in [5, 5.41) is 5.62. The van der Waals surface area contributed by atoms with Gasteiger partial charge in [0.2, 0.25) is 0 Å². The van der Waals surface area contributed by atoms with Crippen molar-refractivity contribution in [1.82, 2.24) is 14.7 Å². The van der Waals surface area contributed by atoms with Crippen LogP contribution >= 0.6 is 0 Å². The summed E-state index contributed by atoms with van der Waals surface area (Å²) in [7, 11) is 0. The predicted octanol–water partition coefficient (Wildman–Crippen LogP) is 3.14. The van der Waals surface area contributed by atoms with Gasteiger partial charge in [-0.3, -0.25) is 9.72 Å². The zero-order valence-corrected chi connectivity index (χ0v) is 11.7. The van der Waals surface area contributed by atoms with E-state index in [-0.39, 0.29) is 6.03 Å². The van der Waals surface area contributed by atoms with E-state index in [2.05, 4.69) is 15.6 Å². The topological polar surface area (TPSA) is 58.4 Å². The number of hydrogen-bond acceptors (Lipinski definition) is 2. The molecule has 5 heteroatoms. The van der Waals surface area contributed by atoms with Crippen molar-refractivity contribution in [3.63, 3.8) is 0 Å². The minimum Gasteiger partial charge on any atom is -0.338 e. The smallest absolute Gasteiger partial charge is 0.320 e. The Kier molecular flexibility index (Phi) is 3.55. The molecule has 0 unspecified atom stereocenters. The molecule has 2 N–H and O–H groups in total. The molecule has 2 aromatic heterocycles. The molecule has 0 saturated carbocycles. The summed E-state index contributed by atoms with van der Waals surface area (Å²) in [6.45, 7) is 2.45. The zero-order chi connectivity index (χ0) is 14.7. The third-order valence-electron chi connectivity index (χ3n) is 3.15. The third kappa shape index (κ3) is 2.58. The van der Waals surface area contributed by atoms with Gasteiger partial charge in [-0.25, -0.2) is 9.78 Å². The zero-order valence-electron chi connectivity index (χ0n) is 11.7. The molecule has 0 atom stereocenters. The van der Waals surface area contributed by atoms with E-state index in [1.54, 1.807) is 0 Å². The van der Waals surface area contributed by atoms with Crippen LogP contribution in [0.15, 0.2) is 54.7 Å². The molecule has 106 valence electrons. The van der Waals surface area contributed by atoms with Crippen molar-refractivity contribution in [2.75, 3.05) is 11.9 Å². The fourth-order valence-electron chi connectivity index (χ4n) is 2.22. The lowest BCUT2D eigenvalue weighted by molar-refractivity contribution is 0.252. The van der Waals surface area contributed by atoms with Crippen LogP contribution in [0.1, 0.15) is 6.92 Å². The number of nitrogens with one attached hydrogen (secondary N) is 2. The van der Waals surface area contributed by atoms with Gasteiger partial charge in [0, 0.05) is 18.3 Å². The normalized spacial score (nSPS) is 10.5. The second-order valence-corrected chi connectivity index (χ2v) is 4.59. The predicted molar refractivity (Wildman–Crippen MR) is 83.3 cm³/mol. The van der Waals surface area contributed by atoms with E-state index in [1.165, 1.54) is 0 Å². The van der Waals surface area contributed by atoms with E-state index in [1.807, 2.05) is 66.1 Å². The van der Waals surface area contributed by atoms with Gasteiger partial charge in [-0.1, -0.05) is 36.4 Å². The van der Waals surface area contributed by atoms with Crippen LogP contribution in [0.3, 0.4) is 0 Å². The molecule has 2 heterocycles. The molecular formula is C16H16N4O. The molecule has 0 spiro atoms. The Balaban J connectivity index is 2.12. The average molecular weight is 280 g/mol. The number of amides is 2. The second-order valence-electron chi connectivity index (χ2n) is 4.59. The number of rotatable bonds is 3. The minimum absolute atomic E-state index is 0.236. The van der Waals surface area contributed by atoms with E-state index in [0.717, 1.165) is 16.9 Å². The standard InChI is InChI=1S/C16H16N4O/c1-2-17-16(21)19-15-14(12-8-4-3-5-9-12)18-13-10-6-7-11-20(13)15/h3-11H,2H2,1H3,(H2,17,19,21). The van der Waals surface area contributed by atoms with Gasteiger partial charge in [-0.05, 0) is 19.1 Å². The molecular weight excluding hydrogens is 264 g/mol. The number of anilines is 1. The van der Waals surface area contributed by atoms with Gasteiger partial charge in [-0.2, -0.15) is 0 Å². The number of pyridine rings is 1. The molecule has 3 rings (SSSR count). The maximum absolute atomic E-state index is 11.9. The van der Waals surface area contributed by atoms with Crippen LogP contribution in [0.5, 0.6) is 0 Å².